The summed E-state index contributed by atoms with van der Waals surface area (Å²) in [6.45, 7) is 6.95. The molecule has 0 amide bonds. The molecule has 0 radical (unpaired) electrons. The Kier molecular flexibility index (Phi) is 7.23. The fourth-order valence-corrected chi connectivity index (χ4v) is 2.88. The van der Waals surface area contributed by atoms with E-state index in [0.717, 1.165) is 5.56 Å². The van der Waals surface area contributed by atoms with Gasteiger partial charge in [-0.2, -0.15) is 0 Å². The van der Waals surface area contributed by atoms with Crippen LogP contribution < -0.4 is 15.4 Å². The van der Waals surface area contributed by atoms with Crippen LogP contribution in [0.3, 0.4) is 0 Å². The molecule has 0 aromatic heterocycles. The maximum Gasteiger partial charge on any atom is 0.338 e. The molecule has 1 atom stereocenters. The first kappa shape index (κ1) is 20.0. The van der Waals surface area contributed by atoms with E-state index in [0.29, 0.717) is 42.0 Å². The van der Waals surface area contributed by atoms with Crippen molar-refractivity contribution in [2.24, 2.45) is 0 Å². The Hall–Kier alpha value is -2.32. The summed E-state index contributed by atoms with van der Waals surface area (Å²) in [5.41, 5.74) is 1.76. The van der Waals surface area contributed by atoms with E-state index in [1.807, 2.05) is 13.8 Å². The number of phenols is 1. The van der Waals surface area contributed by atoms with Crippen LogP contribution >= 0.6 is 12.2 Å². The van der Waals surface area contributed by atoms with Gasteiger partial charge < -0.3 is 30.0 Å². The molecule has 0 saturated heterocycles. The summed E-state index contributed by atoms with van der Waals surface area (Å²) in [4.78, 5) is 12.6. The van der Waals surface area contributed by atoms with Crippen molar-refractivity contribution in [3.8, 4) is 11.5 Å². The number of nitrogens with one attached hydrogen (secondary N) is 2. The van der Waals surface area contributed by atoms with E-state index in [1.54, 1.807) is 19.1 Å². The molecular formula is C18H24N2O5S. The van der Waals surface area contributed by atoms with Crippen LogP contribution in [0.15, 0.2) is 29.5 Å². The van der Waals surface area contributed by atoms with Gasteiger partial charge >= 0.3 is 5.97 Å². The SMILES string of the molecule is CCOCCOC(=O)C1=C(C)NC(=S)N[C@H]1c1ccc(O)c(OCC)c1. The Labute approximate surface area is 158 Å². The van der Waals surface area contributed by atoms with Crippen LogP contribution in [0.2, 0.25) is 0 Å². The third kappa shape index (κ3) is 4.86. The van der Waals surface area contributed by atoms with Crippen molar-refractivity contribution < 1.29 is 24.1 Å². The topological polar surface area (TPSA) is 89.1 Å². The second kappa shape index (κ2) is 9.40. The van der Waals surface area contributed by atoms with E-state index in [4.69, 9.17) is 26.4 Å². The van der Waals surface area contributed by atoms with Crippen LogP contribution in [0.25, 0.3) is 0 Å². The fraction of sp³-hybridized carbons (Fsp3) is 0.444. The van der Waals surface area contributed by atoms with Gasteiger partial charge in [-0.25, -0.2) is 4.79 Å². The number of phenolic OH excluding ortho intramolecular Hbond substituents is 1. The number of carbonyl (C=O) groups is 1. The van der Waals surface area contributed by atoms with Gasteiger partial charge in [0.05, 0.1) is 24.8 Å². The lowest BCUT2D eigenvalue weighted by Gasteiger charge is -2.30. The number of thiocarbonyl (C=S) groups is 1. The molecule has 0 saturated carbocycles. The molecule has 1 aliphatic heterocycles. The standard InChI is InChI=1S/C18H24N2O5S/c1-4-23-8-9-25-17(22)15-11(3)19-18(26)20-16(15)12-6-7-13(21)14(10-12)24-5-2/h6-7,10,16,21H,4-5,8-9H2,1-3H3,(H2,19,20,26)/t16-/m0/s1. The van der Waals surface area contributed by atoms with Gasteiger partial charge in [-0.15, -0.1) is 0 Å². The van der Waals surface area contributed by atoms with E-state index in [9.17, 15) is 9.90 Å². The minimum atomic E-state index is -0.511. The fourth-order valence-electron chi connectivity index (χ4n) is 2.61. The van der Waals surface area contributed by atoms with Crippen molar-refractivity contribution in [1.82, 2.24) is 10.6 Å². The second-order valence-electron chi connectivity index (χ2n) is 5.56. The molecule has 1 aromatic rings. The smallest absolute Gasteiger partial charge is 0.338 e. The van der Waals surface area contributed by atoms with Gasteiger partial charge in [-0.3, -0.25) is 0 Å². The number of hydrogen-bond donors (Lipinski definition) is 3. The van der Waals surface area contributed by atoms with Gasteiger partial charge in [0.15, 0.2) is 16.6 Å². The second-order valence-corrected chi connectivity index (χ2v) is 5.97. The van der Waals surface area contributed by atoms with Crippen molar-refractivity contribution in [2.75, 3.05) is 26.4 Å². The molecular weight excluding hydrogens is 356 g/mol. The lowest BCUT2D eigenvalue weighted by atomic mass is 9.95. The van der Waals surface area contributed by atoms with Crippen LogP contribution in [0.5, 0.6) is 11.5 Å². The summed E-state index contributed by atoms with van der Waals surface area (Å²) < 4.78 is 15.9. The Morgan fingerprint density at radius 2 is 2.04 bits per heavy atom. The van der Waals surface area contributed by atoms with E-state index < -0.39 is 12.0 Å². The number of esters is 1. The predicted molar refractivity (Wildman–Crippen MR) is 101 cm³/mol. The number of hydrogen-bond acceptors (Lipinski definition) is 6. The molecule has 0 spiro atoms. The van der Waals surface area contributed by atoms with E-state index in [2.05, 4.69) is 10.6 Å². The zero-order chi connectivity index (χ0) is 19.1. The van der Waals surface area contributed by atoms with Crippen LogP contribution in [0.1, 0.15) is 32.4 Å². The zero-order valence-corrected chi connectivity index (χ0v) is 15.9. The molecule has 0 bridgehead atoms. The van der Waals surface area contributed by atoms with Crippen molar-refractivity contribution in [2.45, 2.75) is 26.8 Å². The number of ether oxygens (including phenoxy) is 3. The number of allylic oxidation sites excluding steroid dienone is 1. The lowest BCUT2D eigenvalue weighted by Crippen LogP contribution is -2.45. The summed E-state index contributed by atoms with van der Waals surface area (Å²) in [5, 5.41) is 16.3. The van der Waals surface area contributed by atoms with Crippen molar-refractivity contribution >= 4 is 23.3 Å². The molecule has 7 nitrogen and oxygen atoms in total. The summed E-state index contributed by atoms with van der Waals surface area (Å²) in [7, 11) is 0. The molecule has 1 heterocycles. The number of carbonyl (C=O) groups excluding carboxylic acids is 1. The van der Waals surface area contributed by atoms with Crippen LogP contribution in [-0.4, -0.2) is 42.6 Å². The van der Waals surface area contributed by atoms with E-state index in [-0.39, 0.29) is 12.4 Å². The van der Waals surface area contributed by atoms with Gasteiger partial charge in [0.25, 0.3) is 0 Å². The summed E-state index contributed by atoms with van der Waals surface area (Å²) in [6.07, 6.45) is 0. The largest absolute Gasteiger partial charge is 0.504 e. The molecule has 0 aliphatic carbocycles. The summed E-state index contributed by atoms with van der Waals surface area (Å²) in [5.74, 6) is -0.0765. The Morgan fingerprint density at radius 3 is 2.73 bits per heavy atom. The van der Waals surface area contributed by atoms with E-state index in [1.165, 1.54) is 6.07 Å². The van der Waals surface area contributed by atoms with Crippen molar-refractivity contribution in [1.29, 1.82) is 0 Å². The van der Waals surface area contributed by atoms with Gasteiger partial charge in [-0.1, -0.05) is 6.07 Å². The van der Waals surface area contributed by atoms with Gasteiger partial charge in [-0.05, 0) is 50.7 Å². The number of rotatable bonds is 8. The zero-order valence-electron chi connectivity index (χ0n) is 15.1. The molecule has 26 heavy (non-hydrogen) atoms. The number of benzene rings is 1. The first-order chi connectivity index (χ1) is 12.5. The summed E-state index contributed by atoms with van der Waals surface area (Å²) in [6, 6.07) is 4.42. The predicted octanol–water partition coefficient (Wildman–Crippen LogP) is 2.16. The minimum Gasteiger partial charge on any atom is -0.504 e. The van der Waals surface area contributed by atoms with Gasteiger partial charge in [0, 0.05) is 12.3 Å². The highest BCUT2D eigenvalue weighted by Crippen LogP contribution is 2.34. The summed E-state index contributed by atoms with van der Waals surface area (Å²) >= 11 is 5.22. The molecule has 0 fully saturated rings. The van der Waals surface area contributed by atoms with Gasteiger partial charge in [0.2, 0.25) is 0 Å². The van der Waals surface area contributed by atoms with Crippen LogP contribution in [0, 0.1) is 0 Å². The monoisotopic (exact) mass is 380 g/mol. The molecule has 2 rings (SSSR count). The van der Waals surface area contributed by atoms with Crippen molar-refractivity contribution in [3.63, 3.8) is 0 Å². The Bertz CT molecular complexity index is 705. The number of aromatic hydroxyl groups is 1. The molecule has 8 heteroatoms. The average Bonchev–Trinajstić information content (AvgIpc) is 2.60. The van der Waals surface area contributed by atoms with Crippen LogP contribution in [-0.2, 0) is 14.3 Å². The average molecular weight is 380 g/mol. The maximum atomic E-state index is 12.6. The van der Waals surface area contributed by atoms with E-state index >= 15 is 0 Å². The molecule has 1 aliphatic rings. The quantitative estimate of drug-likeness (QED) is 0.359. The third-order valence-corrected chi connectivity index (χ3v) is 3.99. The maximum absolute atomic E-state index is 12.6. The minimum absolute atomic E-state index is 0.0358. The normalized spacial score (nSPS) is 16.7. The third-order valence-electron chi connectivity index (χ3n) is 3.77. The first-order valence-corrected chi connectivity index (χ1v) is 8.87. The molecule has 1 aromatic carbocycles. The highest BCUT2D eigenvalue weighted by atomic mass is 32.1. The lowest BCUT2D eigenvalue weighted by molar-refractivity contribution is -0.141. The first-order valence-electron chi connectivity index (χ1n) is 8.46. The highest BCUT2D eigenvalue weighted by Gasteiger charge is 2.31. The van der Waals surface area contributed by atoms with Gasteiger partial charge in [0.1, 0.15) is 6.61 Å². The highest BCUT2D eigenvalue weighted by molar-refractivity contribution is 7.80. The molecule has 0 unspecified atom stereocenters. The molecule has 3 N–H and O–H groups in total. The Morgan fingerprint density at radius 1 is 1.27 bits per heavy atom. The van der Waals surface area contributed by atoms with Crippen molar-refractivity contribution in [3.05, 3.63) is 35.0 Å². The molecule has 142 valence electrons. The van der Waals surface area contributed by atoms with Crippen LogP contribution in [0.4, 0.5) is 0 Å². The Balaban J connectivity index is 2.29.